The molecular weight excluding hydrogens is 166 g/mol. The molecule has 0 aliphatic carbocycles. The molecule has 3 heteroatoms. The molecule has 3 nitrogen and oxygen atoms in total. The van der Waals surface area contributed by atoms with Crippen molar-refractivity contribution in [2.75, 3.05) is 19.8 Å². The molecule has 0 saturated carbocycles. The Labute approximate surface area is 79.8 Å². The molecule has 0 unspecified atom stereocenters. The summed E-state index contributed by atoms with van der Waals surface area (Å²) in [7, 11) is 0. The molecule has 13 heavy (non-hydrogen) atoms. The molecule has 2 atom stereocenters. The molecule has 2 rings (SSSR count). The molecule has 0 spiro atoms. The molecule has 0 aromatic heterocycles. The lowest BCUT2D eigenvalue weighted by molar-refractivity contribution is -0.165. The van der Waals surface area contributed by atoms with E-state index in [1.54, 1.807) is 0 Å². The first-order valence-corrected chi connectivity index (χ1v) is 5.42. The van der Waals surface area contributed by atoms with Crippen LogP contribution in [0, 0.1) is 0 Å². The summed E-state index contributed by atoms with van der Waals surface area (Å²) >= 11 is 0. The second kappa shape index (κ2) is 4.94. The van der Waals surface area contributed by atoms with Crippen LogP contribution in [0.2, 0.25) is 0 Å². The predicted molar refractivity (Wildman–Crippen MR) is 50.6 cm³/mol. The lowest BCUT2D eigenvalue weighted by atomic mass is 10.2. The average Bonchev–Trinajstić information content (AvgIpc) is 2.69. The molecule has 2 aliphatic rings. The Balaban J connectivity index is 1.60. The second-order valence-corrected chi connectivity index (χ2v) is 3.92. The fraction of sp³-hybridized carbons (Fsp3) is 1.00. The van der Waals surface area contributed by atoms with E-state index >= 15 is 0 Å². The Hall–Kier alpha value is -0.120. The van der Waals surface area contributed by atoms with E-state index in [1.807, 2.05) is 0 Å². The van der Waals surface area contributed by atoms with Gasteiger partial charge in [0.15, 0.2) is 6.29 Å². The maximum absolute atomic E-state index is 5.68. The van der Waals surface area contributed by atoms with Gasteiger partial charge in [0.1, 0.15) is 0 Å². The second-order valence-electron chi connectivity index (χ2n) is 3.92. The van der Waals surface area contributed by atoms with Gasteiger partial charge in [-0.3, -0.25) is 0 Å². The molecule has 0 aromatic carbocycles. The monoisotopic (exact) mass is 185 g/mol. The van der Waals surface area contributed by atoms with Crippen LogP contribution in [0.1, 0.15) is 32.1 Å². The molecule has 0 amide bonds. The minimum absolute atomic E-state index is 0.0798. The normalized spacial score (nSPS) is 35.1. The molecule has 0 aromatic rings. The molecule has 0 bridgehead atoms. The Kier molecular flexibility index (Phi) is 3.58. The highest BCUT2D eigenvalue weighted by Gasteiger charge is 2.18. The average molecular weight is 185 g/mol. The molecular formula is C10H19NO2. The maximum Gasteiger partial charge on any atom is 0.157 e. The number of hydrogen-bond donors (Lipinski definition) is 1. The predicted octanol–water partition coefficient (Wildman–Crippen LogP) is 1.28. The molecule has 2 aliphatic heterocycles. The molecule has 1 N–H and O–H groups in total. The van der Waals surface area contributed by atoms with E-state index in [4.69, 9.17) is 9.47 Å². The van der Waals surface area contributed by atoms with Crippen LogP contribution in [0.25, 0.3) is 0 Å². The largest absolute Gasteiger partial charge is 0.353 e. The van der Waals surface area contributed by atoms with Gasteiger partial charge in [-0.25, -0.2) is 0 Å². The van der Waals surface area contributed by atoms with Crippen LogP contribution in [0.5, 0.6) is 0 Å². The van der Waals surface area contributed by atoms with Crippen LogP contribution in [0.4, 0.5) is 0 Å². The zero-order valence-corrected chi connectivity index (χ0v) is 8.13. The summed E-state index contributed by atoms with van der Waals surface area (Å²) < 4.78 is 11.2. The fourth-order valence-electron chi connectivity index (χ4n) is 1.97. The van der Waals surface area contributed by atoms with Gasteiger partial charge in [-0.1, -0.05) is 0 Å². The summed E-state index contributed by atoms with van der Waals surface area (Å²) in [6.07, 6.45) is 6.15. The summed E-state index contributed by atoms with van der Waals surface area (Å²) in [5.41, 5.74) is 0. The van der Waals surface area contributed by atoms with Gasteiger partial charge in [0.25, 0.3) is 0 Å². The van der Waals surface area contributed by atoms with Gasteiger partial charge in [0, 0.05) is 12.6 Å². The van der Waals surface area contributed by atoms with E-state index < -0.39 is 0 Å². The SMILES string of the molecule is C1CC[C@@H](OC[C@@H]2CCCN2)OC1. The summed E-state index contributed by atoms with van der Waals surface area (Å²) in [5, 5.41) is 3.42. The zero-order valence-electron chi connectivity index (χ0n) is 8.13. The molecule has 2 heterocycles. The Morgan fingerprint density at radius 2 is 2.23 bits per heavy atom. The van der Waals surface area contributed by atoms with E-state index in [-0.39, 0.29) is 6.29 Å². The molecule has 0 radical (unpaired) electrons. The fourth-order valence-corrected chi connectivity index (χ4v) is 1.97. The van der Waals surface area contributed by atoms with Crippen molar-refractivity contribution < 1.29 is 9.47 Å². The van der Waals surface area contributed by atoms with Crippen LogP contribution in [-0.4, -0.2) is 32.1 Å². The van der Waals surface area contributed by atoms with Gasteiger partial charge in [-0.2, -0.15) is 0 Å². The number of ether oxygens (including phenoxy) is 2. The Morgan fingerprint density at radius 3 is 2.92 bits per heavy atom. The number of nitrogens with one attached hydrogen (secondary N) is 1. The standard InChI is InChI=1S/C10H19NO2/c1-2-7-12-10(5-1)13-8-9-4-3-6-11-9/h9-11H,1-8H2/t9-,10+/m0/s1. The maximum atomic E-state index is 5.68. The van der Waals surface area contributed by atoms with Crippen molar-refractivity contribution in [1.82, 2.24) is 5.32 Å². The van der Waals surface area contributed by atoms with E-state index in [2.05, 4.69) is 5.32 Å². The van der Waals surface area contributed by atoms with Gasteiger partial charge < -0.3 is 14.8 Å². The summed E-state index contributed by atoms with van der Waals surface area (Å²) in [6, 6.07) is 0.575. The number of hydrogen-bond acceptors (Lipinski definition) is 3. The van der Waals surface area contributed by atoms with Crippen LogP contribution >= 0.6 is 0 Å². The Bertz CT molecular complexity index is 140. The lowest BCUT2D eigenvalue weighted by Crippen LogP contribution is -2.31. The van der Waals surface area contributed by atoms with Crippen LogP contribution < -0.4 is 5.32 Å². The molecule has 76 valence electrons. The summed E-state index contributed by atoms with van der Waals surface area (Å²) in [5.74, 6) is 0. The van der Waals surface area contributed by atoms with E-state index in [0.717, 1.165) is 26.2 Å². The van der Waals surface area contributed by atoms with Gasteiger partial charge >= 0.3 is 0 Å². The summed E-state index contributed by atoms with van der Waals surface area (Å²) in [6.45, 7) is 2.85. The van der Waals surface area contributed by atoms with Crippen LogP contribution in [0.15, 0.2) is 0 Å². The topological polar surface area (TPSA) is 30.5 Å². The minimum atomic E-state index is 0.0798. The smallest absolute Gasteiger partial charge is 0.157 e. The zero-order chi connectivity index (χ0) is 8.93. The van der Waals surface area contributed by atoms with Crippen molar-refractivity contribution in [1.29, 1.82) is 0 Å². The van der Waals surface area contributed by atoms with Crippen molar-refractivity contribution in [2.45, 2.75) is 44.4 Å². The van der Waals surface area contributed by atoms with Crippen LogP contribution in [-0.2, 0) is 9.47 Å². The van der Waals surface area contributed by atoms with Crippen molar-refractivity contribution in [3.05, 3.63) is 0 Å². The quantitative estimate of drug-likeness (QED) is 0.718. The first-order valence-electron chi connectivity index (χ1n) is 5.42. The highest BCUT2D eigenvalue weighted by molar-refractivity contribution is 4.73. The highest BCUT2D eigenvalue weighted by Crippen LogP contribution is 2.15. The van der Waals surface area contributed by atoms with Crippen molar-refractivity contribution in [3.8, 4) is 0 Å². The van der Waals surface area contributed by atoms with Gasteiger partial charge in [0.2, 0.25) is 0 Å². The minimum Gasteiger partial charge on any atom is -0.353 e. The third kappa shape index (κ3) is 2.93. The molecule has 2 fully saturated rings. The van der Waals surface area contributed by atoms with Crippen LogP contribution in [0.3, 0.4) is 0 Å². The first kappa shape index (κ1) is 9.44. The van der Waals surface area contributed by atoms with Crippen molar-refractivity contribution in [3.63, 3.8) is 0 Å². The highest BCUT2D eigenvalue weighted by atomic mass is 16.7. The first-order chi connectivity index (χ1) is 6.45. The summed E-state index contributed by atoms with van der Waals surface area (Å²) in [4.78, 5) is 0. The molecule has 2 saturated heterocycles. The van der Waals surface area contributed by atoms with Crippen molar-refractivity contribution >= 4 is 0 Å². The van der Waals surface area contributed by atoms with Gasteiger partial charge in [-0.05, 0) is 38.6 Å². The van der Waals surface area contributed by atoms with E-state index in [1.165, 1.54) is 25.7 Å². The lowest BCUT2D eigenvalue weighted by Gasteiger charge is -2.24. The number of rotatable bonds is 3. The third-order valence-corrected chi connectivity index (χ3v) is 2.78. The van der Waals surface area contributed by atoms with Crippen molar-refractivity contribution in [2.24, 2.45) is 0 Å². The van der Waals surface area contributed by atoms with Gasteiger partial charge in [0.05, 0.1) is 6.61 Å². The van der Waals surface area contributed by atoms with Gasteiger partial charge in [-0.15, -0.1) is 0 Å². The Morgan fingerprint density at radius 1 is 1.23 bits per heavy atom. The third-order valence-electron chi connectivity index (χ3n) is 2.78. The van der Waals surface area contributed by atoms with E-state index in [9.17, 15) is 0 Å². The van der Waals surface area contributed by atoms with E-state index in [0.29, 0.717) is 6.04 Å².